The second-order valence-corrected chi connectivity index (χ2v) is 5.77. The number of carbonyl (C=O) groups excluding carboxylic acids is 1. The first-order valence-electron chi connectivity index (χ1n) is 7.97. The molecule has 1 N–H and O–H groups in total. The van der Waals surface area contributed by atoms with Gasteiger partial charge >= 0.3 is 5.97 Å². The Morgan fingerprint density at radius 1 is 1.36 bits per heavy atom. The van der Waals surface area contributed by atoms with Crippen LogP contribution in [0.15, 0.2) is 18.2 Å². The Kier molecular flexibility index (Phi) is 6.29. The number of ether oxygens (including phenoxy) is 1. The number of nitro benzene ring substituents is 1. The third-order valence-electron chi connectivity index (χ3n) is 4.04. The van der Waals surface area contributed by atoms with Crippen molar-refractivity contribution < 1.29 is 24.4 Å². The fourth-order valence-electron chi connectivity index (χ4n) is 2.83. The van der Waals surface area contributed by atoms with Gasteiger partial charge in [0.1, 0.15) is 12.2 Å². The van der Waals surface area contributed by atoms with Gasteiger partial charge in [0, 0.05) is 38.4 Å². The number of nitro groups is 1. The molecule has 0 bridgehead atoms. The van der Waals surface area contributed by atoms with Crippen molar-refractivity contribution in [2.24, 2.45) is 0 Å². The molecule has 9 heteroatoms. The van der Waals surface area contributed by atoms with E-state index in [0.717, 1.165) is 30.8 Å². The smallest absolute Gasteiger partial charge is 0.323 e. The molecule has 25 heavy (non-hydrogen) atoms. The largest absolute Gasteiger partial charge is 0.480 e. The van der Waals surface area contributed by atoms with Crippen LogP contribution in [0.2, 0.25) is 0 Å². The van der Waals surface area contributed by atoms with E-state index in [4.69, 9.17) is 9.84 Å². The maximum absolute atomic E-state index is 12.6. The third-order valence-corrected chi connectivity index (χ3v) is 4.04. The van der Waals surface area contributed by atoms with Gasteiger partial charge in [-0.05, 0) is 25.0 Å². The Bertz CT molecular complexity index is 657. The highest BCUT2D eigenvalue weighted by Crippen LogP contribution is 2.32. The van der Waals surface area contributed by atoms with Crippen molar-refractivity contribution in [3.05, 3.63) is 33.9 Å². The van der Waals surface area contributed by atoms with E-state index in [0.29, 0.717) is 5.69 Å². The molecule has 1 aromatic rings. The van der Waals surface area contributed by atoms with Crippen LogP contribution in [0, 0.1) is 10.1 Å². The first-order valence-corrected chi connectivity index (χ1v) is 7.97. The zero-order chi connectivity index (χ0) is 18.4. The van der Waals surface area contributed by atoms with Crippen LogP contribution >= 0.6 is 0 Å². The standard InChI is InChI=1S/C16H21N3O6/c1-25-9-8-18(11-15(20)21)16(22)12-4-5-13(14(10-12)19(23)24)17-6-2-3-7-17/h4-5,10H,2-3,6-9,11H2,1H3,(H,20,21). The van der Waals surface area contributed by atoms with E-state index >= 15 is 0 Å². The normalized spacial score (nSPS) is 13.7. The van der Waals surface area contributed by atoms with Gasteiger partial charge in [-0.15, -0.1) is 0 Å². The molecule has 1 amide bonds. The summed E-state index contributed by atoms with van der Waals surface area (Å²) in [6, 6.07) is 4.29. The maximum atomic E-state index is 12.6. The lowest BCUT2D eigenvalue weighted by Crippen LogP contribution is -2.38. The molecule has 0 saturated carbocycles. The van der Waals surface area contributed by atoms with Crippen LogP contribution in [0.5, 0.6) is 0 Å². The van der Waals surface area contributed by atoms with E-state index < -0.39 is 23.3 Å². The van der Waals surface area contributed by atoms with Crippen molar-refractivity contribution >= 4 is 23.3 Å². The topological polar surface area (TPSA) is 113 Å². The molecule has 1 saturated heterocycles. The van der Waals surface area contributed by atoms with Crippen molar-refractivity contribution in [1.29, 1.82) is 0 Å². The van der Waals surface area contributed by atoms with Crippen molar-refractivity contribution in [2.45, 2.75) is 12.8 Å². The van der Waals surface area contributed by atoms with Crippen molar-refractivity contribution in [2.75, 3.05) is 44.8 Å². The first kappa shape index (κ1) is 18.7. The van der Waals surface area contributed by atoms with E-state index in [2.05, 4.69) is 0 Å². The SMILES string of the molecule is COCCN(CC(=O)O)C(=O)c1ccc(N2CCCC2)c([N+](=O)[O-])c1. The van der Waals surface area contributed by atoms with Gasteiger partial charge in [0.15, 0.2) is 0 Å². The van der Waals surface area contributed by atoms with Gasteiger partial charge in [-0.25, -0.2) is 0 Å². The van der Waals surface area contributed by atoms with Crippen LogP contribution in [-0.4, -0.2) is 66.7 Å². The number of anilines is 1. The lowest BCUT2D eigenvalue weighted by atomic mass is 10.1. The summed E-state index contributed by atoms with van der Waals surface area (Å²) in [4.78, 5) is 37.4. The summed E-state index contributed by atoms with van der Waals surface area (Å²) in [6.45, 7) is 1.25. The van der Waals surface area contributed by atoms with E-state index in [-0.39, 0.29) is 24.4 Å². The molecule has 0 aliphatic carbocycles. The quantitative estimate of drug-likeness (QED) is 0.556. The van der Waals surface area contributed by atoms with E-state index in [1.807, 2.05) is 4.90 Å². The Morgan fingerprint density at radius 2 is 2.04 bits per heavy atom. The Labute approximate surface area is 144 Å². The lowest BCUT2D eigenvalue weighted by molar-refractivity contribution is -0.384. The highest BCUT2D eigenvalue weighted by molar-refractivity contribution is 5.97. The van der Waals surface area contributed by atoms with Gasteiger partial charge < -0.3 is 19.6 Å². The highest BCUT2D eigenvalue weighted by Gasteiger charge is 2.26. The average molecular weight is 351 g/mol. The summed E-state index contributed by atoms with van der Waals surface area (Å²) < 4.78 is 4.89. The van der Waals surface area contributed by atoms with Crippen LogP contribution in [0.1, 0.15) is 23.2 Å². The molecule has 0 radical (unpaired) electrons. The number of carbonyl (C=O) groups is 2. The predicted molar refractivity (Wildman–Crippen MR) is 90.0 cm³/mol. The molecule has 1 heterocycles. The number of benzene rings is 1. The number of methoxy groups -OCH3 is 1. The number of rotatable bonds is 8. The van der Waals surface area contributed by atoms with Crippen LogP contribution in [0.3, 0.4) is 0 Å². The zero-order valence-corrected chi connectivity index (χ0v) is 14.0. The van der Waals surface area contributed by atoms with Gasteiger partial charge in [0.2, 0.25) is 0 Å². The van der Waals surface area contributed by atoms with Crippen molar-refractivity contribution in [3.8, 4) is 0 Å². The minimum Gasteiger partial charge on any atom is -0.480 e. The Morgan fingerprint density at radius 3 is 2.60 bits per heavy atom. The van der Waals surface area contributed by atoms with Crippen LogP contribution in [-0.2, 0) is 9.53 Å². The Hall–Kier alpha value is -2.68. The van der Waals surface area contributed by atoms with Crippen LogP contribution < -0.4 is 4.90 Å². The molecule has 1 fully saturated rings. The molecule has 9 nitrogen and oxygen atoms in total. The molecule has 2 rings (SSSR count). The molecule has 1 aliphatic heterocycles. The monoisotopic (exact) mass is 351 g/mol. The number of nitrogens with zero attached hydrogens (tertiary/aromatic N) is 3. The Balaban J connectivity index is 2.30. The van der Waals surface area contributed by atoms with Crippen molar-refractivity contribution in [3.63, 3.8) is 0 Å². The second-order valence-electron chi connectivity index (χ2n) is 5.77. The van der Waals surface area contributed by atoms with Crippen LogP contribution in [0.4, 0.5) is 11.4 Å². The minimum absolute atomic E-state index is 0.0866. The van der Waals surface area contributed by atoms with E-state index in [1.54, 1.807) is 6.07 Å². The highest BCUT2D eigenvalue weighted by atomic mass is 16.6. The maximum Gasteiger partial charge on any atom is 0.323 e. The summed E-state index contributed by atoms with van der Waals surface area (Å²) in [6.07, 6.45) is 1.95. The van der Waals surface area contributed by atoms with Gasteiger partial charge in [0.25, 0.3) is 11.6 Å². The number of hydrogen-bond donors (Lipinski definition) is 1. The van der Waals surface area contributed by atoms with E-state index in [9.17, 15) is 19.7 Å². The number of carboxylic acids is 1. The molecule has 0 spiro atoms. The summed E-state index contributed by atoms with van der Waals surface area (Å²) in [5.41, 5.74) is 0.433. The van der Waals surface area contributed by atoms with Gasteiger partial charge in [-0.2, -0.15) is 0 Å². The summed E-state index contributed by atoms with van der Waals surface area (Å²) in [5, 5.41) is 20.4. The van der Waals surface area contributed by atoms with Crippen molar-refractivity contribution in [1.82, 2.24) is 4.90 Å². The van der Waals surface area contributed by atoms with Gasteiger partial charge in [0.05, 0.1) is 11.5 Å². The molecule has 1 aliphatic rings. The average Bonchev–Trinajstić information content (AvgIpc) is 3.11. The molecular weight excluding hydrogens is 330 g/mol. The zero-order valence-electron chi connectivity index (χ0n) is 14.0. The minimum atomic E-state index is -1.16. The number of carboxylic acid groups (broad SMARTS) is 1. The lowest BCUT2D eigenvalue weighted by Gasteiger charge is -2.21. The molecule has 0 atom stereocenters. The summed E-state index contributed by atoms with van der Waals surface area (Å²) in [5.74, 6) is -1.73. The second kappa shape index (κ2) is 8.43. The fraction of sp³-hybridized carbons (Fsp3) is 0.500. The fourth-order valence-corrected chi connectivity index (χ4v) is 2.83. The van der Waals surface area contributed by atoms with Gasteiger partial charge in [-0.3, -0.25) is 19.7 Å². The summed E-state index contributed by atoms with van der Waals surface area (Å²) in [7, 11) is 1.44. The molecule has 136 valence electrons. The molecule has 0 aromatic heterocycles. The van der Waals surface area contributed by atoms with Gasteiger partial charge in [-0.1, -0.05) is 0 Å². The summed E-state index contributed by atoms with van der Waals surface area (Å²) >= 11 is 0. The third kappa shape index (κ3) is 4.66. The first-order chi connectivity index (χ1) is 11.9. The number of aliphatic carboxylic acids is 1. The molecular formula is C16H21N3O6. The number of amides is 1. The molecule has 1 aromatic carbocycles. The number of hydrogen-bond acceptors (Lipinski definition) is 6. The molecule has 0 unspecified atom stereocenters. The predicted octanol–water partition coefficient (Wildman–Crippen LogP) is 1.37. The van der Waals surface area contributed by atoms with E-state index in [1.165, 1.54) is 19.2 Å². The van der Waals surface area contributed by atoms with Crippen LogP contribution in [0.25, 0.3) is 0 Å².